The first-order chi connectivity index (χ1) is 12.4. The lowest BCUT2D eigenvalue weighted by Crippen LogP contribution is -2.34. The number of esters is 1. The second-order valence-corrected chi connectivity index (χ2v) is 7.71. The molecule has 144 valence electrons. The minimum atomic E-state index is -4.01. The zero-order valence-electron chi connectivity index (χ0n) is 15.0. The number of rotatable bonds is 6. The van der Waals surface area contributed by atoms with Crippen LogP contribution in [0.4, 0.5) is 0 Å². The van der Waals surface area contributed by atoms with Gasteiger partial charge in [-0.05, 0) is 26.0 Å². The van der Waals surface area contributed by atoms with Crippen molar-refractivity contribution in [1.29, 1.82) is 0 Å². The highest BCUT2D eigenvalue weighted by Gasteiger charge is 2.37. The Balaban J connectivity index is 2.08. The smallest absolute Gasteiger partial charge is 0.321 e. The van der Waals surface area contributed by atoms with E-state index in [4.69, 9.17) is 18.9 Å². The van der Waals surface area contributed by atoms with Crippen LogP contribution in [0.5, 0.6) is 17.2 Å². The van der Waals surface area contributed by atoms with Crippen molar-refractivity contribution in [2.24, 2.45) is 0 Å². The molecule has 2 aliphatic rings. The Hall–Kier alpha value is -2.04. The predicted octanol–water partition coefficient (Wildman–Crippen LogP) is 0.253. The molecule has 0 unspecified atom stereocenters. The Morgan fingerprint density at radius 3 is 2.69 bits per heavy atom. The highest BCUT2D eigenvalue weighted by atomic mass is 32.2. The molecule has 0 radical (unpaired) electrons. The van der Waals surface area contributed by atoms with Crippen LogP contribution in [0.1, 0.15) is 18.1 Å². The van der Waals surface area contributed by atoms with Gasteiger partial charge in [0, 0.05) is 18.7 Å². The molecule has 10 heteroatoms. The Morgan fingerprint density at radius 2 is 2.00 bits per heavy atom. The van der Waals surface area contributed by atoms with Gasteiger partial charge in [-0.3, -0.25) is 4.79 Å². The number of nitrogens with one attached hydrogen (secondary N) is 1. The molecule has 1 aromatic rings. The SMILES string of the molecule is CCOC(=O)CNS(=O)(=O)c1c2c(c(OC)c3c1OCO3)CN(C)CC2. The monoisotopic (exact) mass is 386 g/mol. The third-order valence-corrected chi connectivity index (χ3v) is 5.79. The summed E-state index contributed by atoms with van der Waals surface area (Å²) in [6.45, 7) is 2.50. The van der Waals surface area contributed by atoms with Crippen molar-refractivity contribution in [3.8, 4) is 17.2 Å². The molecule has 0 atom stereocenters. The fourth-order valence-corrected chi connectivity index (χ4v) is 4.58. The van der Waals surface area contributed by atoms with Crippen molar-refractivity contribution in [2.75, 3.05) is 40.6 Å². The highest BCUT2D eigenvalue weighted by Crippen LogP contribution is 2.51. The van der Waals surface area contributed by atoms with Crippen LogP contribution in [0.3, 0.4) is 0 Å². The van der Waals surface area contributed by atoms with E-state index >= 15 is 0 Å². The van der Waals surface area contributed by atoms with E-state index in [1.807, 2.05) is 7.05 Å². The summed E-state index contributed by atoms with van der Waals surface area (Å²) >= 11 is 0. The number of fused-ring (bicyclic) bond motifs is 2. The van der Waals surface area contributed by atoms with E-state index < -0.39 is 22.5 Å². The molecule has 1 N–H and O–H groups in total. The first-order valence-electron chi connectivity index (χ1n) is 8.24. The molecule has 0 aromatic heterocycles. The van der Waals surface area contributed by atoms with Gasteiger partial charge < -0.3 is 23.8 Å². The van der Waals surface area contributed by atoms with Crippen LogP contribution in [0.25, 0.3) is 0 Å². The average molecular weight is 386 g/mol. The summed E-state index contributed by atoms with van der Waals surface area (Å²) in [7, 11) is -0.555. The fourth-order valence-electron chi connectivity index (χ4n) is 3.19. The Bertz CT molecular complexity index is 823. The average Bonchev–Trinajstić information content (AvgIpc) is 3.06. The zero-order valence-corrected chi connectivity index (χ0v) is 15.8. The Labute approximate surface area is 152 Å². The van der Waals surface area contributed by atoms with Crippen molar-refractivity contribution >= 4 is 16.0 Å². The lowest BCUT2D eigenvalue weighted by molar-refractivity contribution is -0.141. The number of methoxy groups -OCH3 is 1. The van der Waals surface area contributed by atoms with Crippen LogP contribution in [-0.2, 0) is 32.5 Å². The zero-order chi connectivity index (χ0) is 18.9. The number of likely N-dealkylation sites (N-methyl/N-ethyl adjacent to an activating group) is 1. The number of carbonyl (C=O) groups excluding carboxylic acids is 1. The first kappa shape index (κ1) is 18.7. The number of ether oxygens (including phenoxy) is 4. The molecule has 1 aromatic carbocycles. The second kappa shape index (κ2) is 7.29. The summed E-state index contributed by atoms with van der Waals surface area (Å²) in [6, 6.07) is 0. The minimum absolute atomic E-state index is 0.0122. The van der Waals surface area contributed by atoms with Crippen LogP contribution in [-0.4, -0.2) is 59.9 Å². The molecule has 0 spiro atoms. The first-order valence-corrected chi connectivity index (χ1v) is 9.72. The van der Waals surface area contributed by atoms with Gasteiger partial charge >= 0.3 is 5.97 Å². The molecule has 0 fully saturated rings. The molecular weight excluding hydrogens is 364 g/mol. The number of sulfonamides is 1. The summed E-state index contributed by atoms with van der Waals surface area (Å²) in [5.41, 5.74) is 1.38. The van der Waals surface area contributed by atoms with Gasteiger partial charge in [-0.15, -0.1) is 0 Å². The van der Waals surface area contributed by atoms with E-state index in [2.05, 4.69) is 9.62 Å². The second-order valence-electron chi connectivity index (χ2n) is 6.00. The quantitative estimate of drug-likeness (QED) is 0.694. The van der Waals surface area contributed by atoms with Gasteiger partial charge in [0.1, 0.15) is 11.4 Å². The van der Waals surface area contributed by atoms with Crippen LogP contribution < -0.4 is 18.9 Å². The third kappa shape index (κ3) is 3.31. The van der Waals surface area contributed by atoms with E-state index in [9.17, 15) is 13.2 Å². The lowest BCUT2D eigenvalue weighted by atomic mass is 9.97. The molecule has 0 aliphatic carbocycles. The van der Waals surface area contributed by atoms with Gasteiger partial charge in [-0.25, -0.2) is 8.42 Å². The third-order valence-electron chi connectivity index (χ3n) is 4.29. The van der Waals surface area contributed by atoms with E-state index in [0.717, 1.165) is 5.56 Å². The van der Waals surface area contributed by atoms with Gasteiger partial charge in [0.05, 0.1) is 13.7 Å². The van der Waals surface area contributed by atoms with Gasteiger partial charge in [0.25, 0.3) is 0 Å². The Morgan fingerprint density at radius 1 is 1.27 bits per heavy atom. The molecule has 0 saturated carbocycles. The Kier molecular flexibility index (Phi) is 5.26. The van der Waals surface area contributed by atoms with Crippen LogP contribution in [0, 0.1) is 0 Å². The molecule has 2 heterocycles. The van der Waals surface area contributed by atoms with Gasteiger partial charge in [-0.1, -0.05) is 0 Å². The highest BCUT2D eigenvalue weighted by molar-refractivity contribution is 7.89. The predicted molar refractivity (Wildman–Crippen MR) is 91.0 cm³/mol. The van der Waals surface area contributed by atoms with Crippen molar-refractivity contribution in [2.45, 2.75) is 24.8 Å². The molecule has 2 aliphatic heterocycles. The summed E-state index contributed by atoms with van der Waals surface area (Å²) in [4.78, 5) is 13.6. The number of hydrogen-bond donors (Lipinski definition) is 1. The van der Waals surface area contributed by atoms with Crippen LogP contribution in [0.2, 0.25) is 0 Å². The number of benzene rings is 1. The van der Waals surface area contributed by atoms with E-state index in [-0.39, 0.29) is 29.8 Å². The van der Waals surface area contributed by atoms with Gasteiger partial charge in [0.2, 0.25) is 22.6 Å². The van der Waals surface area contributed by atoms with Crippen molar-refractivity contribution in [3.05, 3.63) is 11.1 Å². The maximum absolute atomic E-state index is 12.9. The molecule has 0 amide bonds. The van der Waals surface area contributed by atoms with Gasteiger partial charge in [0.15, 0.2) is 11.5 Å². The van der Waals surface area contributed by atoms with E-state index in [1.54, 1.807) is 6.92 Å². The summed E-state index contributed by atoms with van der Waals surface area (Å²) in [5.74, 6) is 0.245. The summed E-state index contributed by atoms with van der Waals surface area (Å²) < 4.78 is 49.4. The van der Waals surface area contributed by atoms with Crippen molar-refractivity contribution in [1.82, 2.24) is 9.62 Å². The van der Waals surface area contributed by atoms with Crippen molar-refractivity contribution < 1.29 is 32.2 Å². The standard InChI is InChI=1S/C16H22N2O7S/c1-4-23-12(19)7-17-26(20,21)16-10-5-6-18(2)8-11(10)13(22-3)14-15(16)25-9-24-14/h17H,4-9H2,1-3H3. The summed E-state index contributed by atoms with van der Waals surface area (Å²) in [5, 5.41) is 0. The molecule has 3 rings (SSSR count). The maximum Gasteiger partial charge on any atom is 0.321 e. The van der Waals surface area contributed by atoms with E-state index in [0.29, 0.717) is 30.8 Å². The molecular formula is C16H22N2O7S. The lowest BCUT2D eigenvalue weighted by Gasteiger charge is -2.29. The van der Waals surface area contributed by atoms with E-state index in [1.165, 1.54) is 7.11 Å². The largest absolute Gasteiger partial charge is 0.492 e. The van der Waals surface area contributed by atoms with Gasteiger partial charge in [-0.2, -0.15) is 4.72 Å². The molecule has 0 saturated heterocycles. The fraction of sp³-hybridized carbons (Fsp3) is 0.562. The van der Waals surface area contributed by atoms with Crippen LogP contribution in [0.15, 0.2) is 4.90 Å². The molecule has 9 nitrogen and oxygen atoms in total. The van der Waals surface area contributed by atoms with Crippen LogP contribution >= 0.6 is 0 Å². The van der Waals surface area contributed by atoms with Crippen molar-refractivity contribution in [3.63, 3.8) is 0 Å². The minimum Gasteiger partial charge on any atom is -0.492 e. The molecule has 0 bridgehead atoms. The number of nitrogens with zero attached hydrogens (tertiary/aromatic N) is 1. The number of carbonyl (C=O) groups is 1. The summed E-state index contributed by atoms with van der Waals surface area (Å²) in [6.07, 6.45) is 0.508. The maximum atomic E-state index is 12.9. The molecule has 26 heavy (non-hydrogen) atoms. The normalized spacial score (nSPS) is 16.3. The number of hydrogen-bond acceptors (Lipinski definition) is 8. The topological polar surface area (TPSA) is 103 Å².